The van der Waals surface area contributed by atoms with Gasteiger partial charge in [-0.05, 0) is 30.0 Å². The second kappa shape index (κ2) is 4.21. The van der Waals surface area contributed by atoms with Crippen molar-refractivity contribution in [1.82, 2.24) is 5.32 Å². The van der Waals surface area contributed by atoms with Gasteiger partial charge in [-0.1, -0.05) is 19.1 Å². The molecule has 0 amide bonds. The van der Waals surface area contributed by atoms with E-state index in [2.05, 4.69) is 18.3 Å². The first kappa shape index (κ1) is 10.5. The number of hydrogen-bond acceptors (Lipinski definition) is 3. The Kier molecular flexibility index (Phi) is 2.93. The molecule has 3 atom stereocenters. The molecule has 0 radical (unpaired) electrons. The number of nitrogens with two attached hydrogens (primary N) is 2. The lowest BCUT2D eigenvalue weighted by Crippen LogP contribution is -2.46. The predicted octanol–water partition coefficient (Wildman–Crippen LogP) is 1.27. The molecule has 0 saturated carbocycles. The van der Waals surface area contributed by atoms with Crippen LogP contribution in [0.4, 0.5) is 5.69 Å². The number of nitrogen functional groups attached to an aromatic ring is 1. The standard InChI is InChI=1S/C12H19N3/c1-8-5-12(15-7-11(8)14)9-3-2-4-10(13)6-9/h2-4,6,8,11-12,15H,5,7,13-14H2,1H3. The second-order valence-electron chi connectivity index (χ2n) is 4.51. The Bertz CT molecular complexity index is 337. The Morgan fingerprint density at radius 3 is 2.87 bits per heavy atom. The summed E-state index contributed by atoms with van der Waals surface area (Å²) in [4.78, 5) is 0. The van der Waals surface area contributed by atoms with Crippen LogP contribution in [0, 0.1) is 5.92 Å². The lowest BCUT2D eigenvalue weighted by molar-refractivity contribution is 0.286. The summed E-state index contributed by atoms with van der Waals surface area (Å²) in [5.41, 5.74) is 13.8. The van der Waals surface area contributed by atoms with Crippen LogP contribution in [0.25, 0.3) is 0 Å². The van der Waals surface area contributed by atoms with Crippen molar-refractivity contribution in [2.24, 2.45) is 11.7 Å². The first-order valence-corrected chi connectivity index (χ1v) is 5.51. The Hall–Kier alpha value is -1.06. The van der Waals surface area contributed by atoms with Gasteiger partial charge in [0.05, 0.1) is 0 Å². The van der Waals surface area contributed by atoms with Gasteiger partial charge in [0, 0.05) is 24.3 Å². The zero-order chi connectivity index (χ0) is 10.8. The average Bonchev–Trinajstić information content (AvgIpc) is 2.22. The highest BCUT2D eigenvalue weighted by Crippen LogP contribution is 2.27. The SMILES string of the molecule is CC1CC(c2cccc(N)c2)NCC1N. The lowest BCUT2D eigenvalue weighted by Gasteiger charge is -2.33. The third-order valence-electron chi connectivity index (χ3n) is 3.25. The maximum absolute atomic E-state index is 5.96. The highest BCUT2D eigenvalue weighted by molar-refractivity contribution is 5.41. The maximum Gasteiger partial charge on any atom is 0.0324 e. The number of hydrogen-bond donors (Lipinski definition) is 3. The smallest absolute Gasteiger partial charge is 0.0324 e. The van der Waals surface area contributed by atoms with Gasteiger partial charge in [-0.25, -0.2) is 0 Å². The fourth-order valence-electron chi connectivity index (χ4n) is 2.14. The largest absolute Gasteiger partial charge is 0.399 e. The van der Waals surface area contributed by atoms with E-state index in [0.29, 0.717) is 12.0 Å². The van der Waals surface area contributed by atoms with E-state index in [-0.39, 0.29) is 6.04 Å². The lowest BCUT2D eigenvalue weighted by atomic mass is 9.87. The molecule has 3 heteroatoms. The topological polar surface area (TPSA) is 64.1 Å². The number of anilines is 1. The highest BCUT2D eigenvalue weighted by Gasteiger charge is 2.25. The van der Waals surface area contributed by atoms with Crippen LogP contribution >= 0.6 is 0 Å². The molecule has 3 unspecified atom stereocenters. The summed E-state index contributed by atoms with van der Waals surface area (Å²) in [6, 6.07) is 8.77. The molecule has 1 aliphatic heterocycles. The first-order chi connectivity index (χ1) is 7.16. The normalized spacial score (nSPS) is 31.5. The summed E-state index contributed by atoms with van der Waals surface area (Å²) >= 11 is 0. The molecule has 0 bridgehead atoms. The summed E-state index contributed by atoms with van der Waals surface area (Å²) in [5, 5.41) is 3.46. The molecule has 2 rings (SSSR count). The molecule has 15 heavy (non-hydrogen) atoms. The fraction of sp³-hybridized carbons (Fsp3) is 0.500. The van der Waals surface area contributed by atoms with Crippen molar-refractivity contribution in [2.75, 3.05) is 12.3 Å². The van der Waals surface area contributed by atoms with E-state index >= 15 is 0 Å². The van der Waals surface area contributed by atoms with Crippen LogP contribution < -0.4 is 16.8 Å². The minimum Gasteiger partial charge on any atom is -0.399 e. The van der Waals surface area contributed by atoms with Gasteiger partial charge in [0.25, 0.3) is 0 Å². The van der Waals surface area contributed by atoms with Crippen molar-refractivity contribution in [2.45, 2.75) is 25.4 Å². The Morgan fingerprint density at radius 1 is 1.40 bits per heavy atom. The van der Waals surface area contributed by atoms with E-state index in [0.717, 1.165) is 18.7 Å². The van der Waals surface area contributed by atoms with Crippen molar-refractivity contribution in [3.63, 3.8) is 0 Å². The predicted molar refractivity (Wildman–Crippen MR) is 63.4 cm³/mol. The van der Waals surface area contributed by atoms with Gasteiger partial charge < -0.3 is 16.8 Å². The van der Waals surface area contributed by atoms with Crippen molar-refractivity contribution in [3.05, 3.63) is 29.8 Å². The Balaban J connectivity index is 2.12. The summed E-state index contributed by atoms with van der Waals surface area (Å²) in [6.07, 6.45) is 1.09. The third-order valence-corrected chi connectivity index (χ3v) is 3.25. The average molecular weight is 205 g/mol. The van der Waals surface area contributed by atoms with Gasteiger partial charge in [0.15, 0.2) is 0 Å². The van der Waals surface area contributed by atoms with Crippen molar-refractivity contribution < 1.29 is 0 Å². The monoisotopic (exact) mass is 205 g/mol. The van der Waals surface area contributed by atoms with Crippen LogP contribution in [0.3, 0.4) is 0 Å². The molecule has 0 aliphatic carbocycles. The number of rotatable bonds is 1. The zero-order valence-electron chi connectivity index (χ0n) is 9.11. The van der Waals surface area contributed by atoms with Crippen molar-refractivity contribution in [1.29, 1.82) is 0 Å². The molecule has 1 fully saturated rings. The van der Waals surface area contributed by atoms with E-state index in [9.17, 15) is 0 Å². The molecule has 1 aromatic carbocycles. The number of nitrogens with one attached hydrogen (secondary N) is 1. The summed E-state index contributed by atoms with van der Waals surface area (Å²) in [5.74, 6) is 0.567. The van der Waals surface area contributed by atoms with Gasteiger partial charge in [0.1, 0.15) is 0 Å². The van der Waals surface area contributed by atoms with Gasteiger partial charge in [-0.3, -0.25) is 0 Å². The number of benzene rings is 1. The molecule has 3 nitrogen and oxygen atoms in total. The molecule has 1 saturated heterocycles. The molecule has 5 N–H and O–H groups in total. The quantitative estimate of drug-likeness (QED) is 0.605. The third kappa shape index (κ3) is 2.30. The number of piperidine rings is 1. The minimum absolute atomic E-state index is 0.280. The van der Waals surface area contributed by atoms with Crippen LogP contribution in [-0.4, -0.2) is 12.6 Å². The second-order valence-corrected chi connectivity index (χ2v) is 4.51. The zero-order valence-corrected chi connectivity index (χ0v) is 9.11. The van der Waals surface area contributed by atoms with Crippen molar-refractivity contribution >= 4 is 5.69 Å². The van der Waals surface area contributed by atoms with Crippen LogP contribution in [0.5, 0.6) is 0 Å². The van der Waals surface area contributed by atoms with E-state index < -0.39 is 0 Å². The van der Waals surface area contributed by atoms with Gasteiger partial charge in [-0.2, -0.15) is 0 Å². The molecule has 0 aromatic heterocycles. The highest BCUT2D eigenvalue weighted by atomic mass is 15.0. The van der Waals surface area contributed by atoms with Gasteiger partial charge >= 0.3 is 0 Å². The molecule has 1 aliphatic rings. The molecule has 82 valence electrons. The first-order valence-electron chi connectivity index (χ1n) is 5.51. The van der Waals surface area contributed by atoms with E-state index in [1.54, 1.807) is 0 Å². The van der Waals surface area contributed by atoms with Gasteiger partial charge in [-0.15, -0.1) is 0 Å². The van der Waals surface area contributed by atoms with Crippen LogP contribution in [0.15, 0.2) is 24.3 Å². The minimum atomic E-state index is 0.280. The molecule has 1 aromatic rings. The molecule has 0 spiro atoms. The van der Waals surface area contributed by atoms with E-state index in [1.165, 1.54) is 5.56 Å². The van der Waals surface area contributed by atoms with E-state index in [1.807, 2.05) is 18.2 Å². The van der Waals surface area contributed by atoms with Crippen LogP contribution in [0.1, 0.15) is 24.9 Å². The fourth-order valence-corrected chi connectivity index (χ4v) is 2.14. The summed E-state index contributed by atoms with van der Waals surface area (Å²) in [6.45, 7) is 3.10. The summed E-state index contributed by atoms with van der Waals surface area (Å²) < 4.78 is 0. The van der Waals surface area contributed by atoms with Gasteiger partial charge in [0.2, 0.25) is 0 Å². The molecular weight excluding hydrogens is 186 g/mol. The van der Waals surface area contributed by atoms with Crippen molar-refractivity contribution in [3.8, 4) is 0 Å². The van der Waals surface area contributed by atoms with Crippen LogP contribution in [-0.2, 0) is 0 Å². The maximum atomic E-state index is 5.96. The summed E-state index contributed by atoms with van der Waals surface area (Å²) in [7, 11) is 0. The molecule has 1 heterocycles. The van der Waals surface area contributed by atoms with Crippen LogP contribution in [0.2, 0.25) is 0 Å². The molecular formula is C12H19N3. The van der Waals surface area contributed by atoms with E-state index in [4.69, 9.17) is 11.5 Å². The Morgan fingerprint density at radius 2 is 2.20 bits per heavy atom. The Labute approximate surface area is 90.8 Å².